The van der Waals surface area contributed by atoms with Crippen LogP contribution in [0, 0.1) is 5.82 Å². The number of pyridine rings is 1. The van der Waals surface area contributed by atoms with Crippen LogP contribution in [0.15, 0.2) is 28.5 Å². The molecule has 0 spiro atoms. The van der Waals surface area contributed by atoms with Crippen LogP contribution in [0.3, 0.4) is 0 Å². The van der Waals surface area contributed by atoms with E-state index in [0.717, 1.165) is 12.3 Å². The zero-order valence-electron chi connectivity index (χ0n) is 15.5. The molecule has 1 aromatic carbocycles. The number of aromatic nitrogens is 1. The Kier molecular flexibility index (Phi) is 4.92. The molecule has 1 saturated heterocycles. The standard InChI is InChI=1S/C19H17F4N3O4/c20-12-3-10-14(26(9-1-2-9)7-11(16(10)27)18(28)29)17(30-19(22)23)15(12)25-5-8(6-25)13(21)4-24/h3,7,9,19H,1-2,4-6,24H2,(H,28,29). The number of rotatable bonds is 6. The van der Waals surface area contributed by atoms with Crippen molar-refractivity contribution in [1.82, 2.24) is 4.57 Å². The summed E-state index contributed by atoms with van der Waals surface area (Å²) in [6.07, 6.45) is 2.34. The normalized spacial score (nSPS) is 16.2. The van der Waals surface area contributed by atoms with Gasteiger partial charge >= 0.3 is 12.6 Å². The maximum atomic E-state index is 15.0. The van der Waals surface area contributed by atoms with Gasteiger partial charge in [-0.25, -0.2) is 13.6 Å². The van der Waals surface area contributed by atoms with Crippen molar-refractivity contribution in [1.29, 1.82) is 0 Å². The van der Waals surface area contributed by atoms with Crippen molar-refractivity contribution in [2.24, 2.45) is 5.73 Å². The van der Waals surface area contributed by atoms with E-state index in [-0.39, 0.29) is 42.3 Å². The Morgan fingerprint density at radius 2 is 2.00 bits per heavy atom. The number of nitrogens with zero attached hydrogens (tertiary/aromatic N) is 2. The minimum Gasteiger partial charge on any atom is -0.477 e. The number of carbonyl (C=O) groups is 1. The van der Waals surface area contributed by atoms with Crippen LogP contribution in [-0.4, -0.2) is 41.9 Å². The number of fused-ring (bicyclic) bond motifs is 1. The Morgan fingerprint density at radius 1 is 1.33 bits per heavy atom. The second-order valence-corrected chi connectivity index (χ2v) is 7.19. The van der Waals surface area contributed by atoms with E-state index in [2.05, 4.69) is 4.74 Å². The van der Waals surface area contributed by atoms with Crippen LogP contribution in [0.4, 0.5) is 23.2 Å². The van der Waals surface area contributed by atoms with Crippen LogP contribution in [0.1, 0.15) is 29.2 Å². The van der Waals surface area contributed by atoms with Gasteiger partial charge in [0.1, 0.15) is 17.1 Å². The summed E-state index contributed by atoms with van der Waals surface area (Å²) in [5.74, 6) is -3.70. The molecule has 0 bridgehead atoms. The number of carboxylic acid groups (broad SMARTS) is 1. The molecule has 2 heterocycles. The molecular weight excluding hydrogens is 410 g/mol. The number of alkyl halides is 2. The molecule has 1 aromatic heterocycles. The Balaban J connectivity index is 1.98. The van der Waals surface area contributed by atoms with E-state index in [0.29, 0.717) is 18.4 Å². The van der Waals surface area contributed by atoms with Gasteiger partial charge in [-0.1, -0.05) is 0 Å². The van der Waals surface area contributed by atoms with Crippen molar-refractivity contribution in [2.45, 2.75) is 25.5 Å². The molecule has 2 fully saturated rings. The minimum absolute atomic E-state index is 0.0775. The summed E-state index contributed by atoms with van der Waals surface area (Å²) >= 11 is 0. The largest absolute Gasteiger partial charge is 0.477 e. The molecule has 2 aliphatic rings. The second kappa shape index (κ2) is 7.31. The van der Waals surface area contributed by atoms with Gasteiger partial charge in [0, 0.05) is 37.4 Å². The Hall–Kier alpha value is -3.08. The maximum absolute atomic E-state index is 15.0. The highest BCUT2D eigenvalue weighted by Crippen LogP contribution is 2.45. The molecule has 160 valence electrons. The molecule has 1 aliphatic heterocycles. The molecule has 0 unspecified atom stereocenters. The van der Waals surface area contributed by atoms with Crippen LogP contribution < -0.4 is 20.8 Å². The van der Waals surface area contributed by atoms with E-state index >= 15 is 0 Å². The van der Waals surface area contributed by atoms with E-state index in [1.807, 2.05) is 0 Å². The van der Waals surface area contributed by atoms with Crippen LogP contribution in [0.2, 0.25) is 0 Å². The molecule has 0 atom stereocenters. The average molecular weight is 427 g/mol. The number of hydrogen-bond donors (Lipinski definition) is 2. The van der Waals surface area contributed by atoms with Gasteiger partial charge in [-0.15, -0.1) is 0 Å². The summed E-state index contributed by atoms with van der Waals surface area (Å²) in [6, 6.07) is 0.587. The topological polar surface area (TPSA) is 97.8 Å². The lowest BCUT2D eigenvalue weighted by Gasteiger charge is -2.37. The molecule has 30 heavy (non-hydrogen) atoms. The first-order valence-corrected chi connectivity index (χ1v) is 9.13. The lowest BCUT2D eigenvalue weighted by molar-refractivity contribution is -0.0488. The Morgan fingerprint density at radius 3 is 2.53 bits per heavy atom. The van der Waals surface area contributed by atoms with Gasteiger partial charge in [0.25, 0.3) is 0 Å². The third kappa shape index (κ3) is 3.28. The second-order valence-electron chi connectivity index (χ2n) is 7.19. The molecule has 11 heteroatoms. The first kappa shape index (κ1) is 20.2. The number of nitrogens with two attached hydrogens (primary N) is 1. The zero-order valence-corrected chi connectivity index (χ0v) is 15.5. The molecule has 3 N–H and O–H groups in total. The zero-order chi connectivity index (χ0) is 21.7. The van der Waals surface area contributed by atoms with Crippen LogP contribution in [-0.2, 0) is 0 Å². The average Bonchev–Trinajstić information content (AvgIpc) is 3.47. The van der Waals surface area contributed by atoms with Crippen LogP contribution in [0.5, 0.6) is 5.75 Å². The quantitative estimate of drug-likeness (QED) is 0.688. The van der Waals surface area contributed by atoms with Gasteiger partial charge in [0.05, 0.1) is 10.9 Å². The van der Waals surface area contributed by atoms with Crippen molar-refractivity contribution >= 4 is 22.6 Å². The summed E-state index contributed by atoms with van der Waals surface area (Å²) in [5.41, 5.74) is 3.51. The number of anilines is 1. The first-order chi connectivity index (χ1) is 14.2. The molecular formula is C19H17F4N3O4. The predicted molar refractivity (Wildman–Crippen MR) is 99.4 cm³/mol. The third-order valence-corrected chi connectivity index (χ3v) is 5.22. The van der Waals surface area contributed by atoms with Crippen LogP contribution >= 0.6 is 0 Å². The van der Waals surface area contributed by atoms with E-state index in [1.165, 1.54) is 9.47 Å². The molecule has 0 amide bonds. The lowest BCUT2D eigenvalue weighted by atomic mass is 10.0. The smallest absolute Gasteiger partial charge is 0.387 e. The van der Waals surface area contributed by atoms with Gasteiger partial charge in [0.2, 0.25) is 5.43 Å². The highest BCUT2D eigenvalue weighted by atomic mass is 19.3. The van der Waals surface area contributed by atoms with Gasteiger partial charge in [-0.05, 0) is 18.9 Å². The minimum atomic E-state index is -3.33. The number of halogens is 4. The van der Waals surface area contributed by atoms with Crippen molar-refractivity contribution in [3.05, 3.63) is 45.3 Å². The maximum Gasteiger partial charge on any atom is 0.387 e. The summed E-state index contributed by atoms with van der Waals surface area (Å²) < 4.78 is 61.1. The number of aromatic carboxylic acids is 1. The van der Waals surface area contributed by atoms with Crippen LogP contribution in [0.25, 0.3) is 10.9 Å². The van der Waals surface area contributed by atoms with E-state index in [1.54, 1.807) is 0 Å². The Bertz CT molecular complexity index is 1130. The SMILES string of the molecule is NCC(F)=C1CN(c2c(F)cc3c(=O)c(C(=O)O)cn(C4CC4)c3c2OC(F)F)C1. The molecule has 1 aliphatic carbocycles. The fourth-order valence-corrected chi connectivity index (χ4v) is 3.62. The summed E-state index contributed by atoms with van der Waals surface area (Å²) in [4.78, 5) is 25.4. The molecule has 4 rings (SSSR count). The number of hydrogen-bond acceptors (Lipinski definition) is 5. The van der Waals surface area contributed by atoms with Gasteiger partial charge in [-0.2, -0.15) is 8.78 Å². The Labute approximate surface area is 166 Å². The van der Waals surface area contributed by atoms with Gasteiger partial charge < -0.3 is 25.0 Å². The third-order valence-electron chi connectivity index (χ3n) is 5.22. The number of carboxylic acids is 1. The monoisotopic (exact) mass is 427 g/mol. The highest BCUT2D eigenvalue weighted by Gasteiger charge is 2.35. The fourth-order valence-electron chi connectivity index (χ4n) is 3.62. The summed E-state index contributed by atoms with van der Waals surface area (Å²) in [6.45, 7) is -3.81. The fraction of sp³-hybridized carbons (Fsp3) is 0.368. The molecule has 2 aromatic rings. The van der Waals surface area contributed by atoms with Crippen molar-refractivity contribution in [3.8, 4) is 5.75 Å². The number of benzene rings is 1. The predicted octanol–water partition coefficient (Wildman–Crippen LogP) is 2.78. The van der Waals surface area contributed by atoms with Gasteiger partial charge in [0.15, 0.2) is 11.6 Å². The van der Waals surface area contributed by atoms with Crippen molar-refractivity contribution in [3.63, 3.8) is 0 Å². The van der Waals surface area contributed by atoms with Gasteiger partial charge in [-0.3, -0.25) is 4.79 Å². The van der Waals surface area contributed by atoms with Crippen molar-refractivity contribution < 1.29 is 32.2 Å². The molecule has 0 radical (unpaired) electrons. The van der Waals surface area contributed by atoms with E-state index in [4.69, 9.17) is 5.73 Å². The van der Waals surface area contributed by atoms with E-state index in [9.17, 15) is 32.3 Å². The highest BCUT2D eigenvalue weighted by molar-refractivity contribution is 5.97. The first-order valence-electron chi connectivity index (χ1n) is 9.13. The summed E-state index contributed by atoms with van der Waals surface area (Å²) in [5, 5.41) is 8.94. The van der Waals surface area contributed by atoms with Crippen molar-refractivity contribution in [2.75, 3.05) is 24.5 Å². The summed E-state index contributed by atoms with van der Waals surface area (Å²) in [7, 11) is 0. The number of ether oxygens (including phenoxy) is 1. The lowest BCUT2D eigenvalue weighted by Crippen LogP contribution is -2.42. The van der Waals surface area contributed by atoms with E-state index < -0.39 is 41.0 Å². The molecule has 7 nitrogen and oxygen atoms in total. The molecule has 1 saturated carbocycles.